The van der Waals surface area contributed by atoms with Gasteiger partial charge < -0.3 is 16.6 Å². The smallest absolute Gasteiger partial charge is 0.0853 e. The standard InChI is InChI=1S/C18H14N2O.C18H14N2.C10H8BrN.C7H8.C3H4/c19-16-7-3-13(4-8-16)1-2-14-5-10-18-15(11-14)6-9-17(12-21)20-18;1-13-2-8-16-12-15(7-11-18(16)20-13)4-3-14-5-9-17(19)10-6-14;1-7-2-3-8-6-9(11)4-5-10(8)12-7;1-7-5-3-2-4-6-7;1-3-2/h3-11,21H,12,19H2;2,5-12H,19H2,1H3;2-6H,1H3;2-6H,1H3;1H,2H3. The van der Waals surface area contributed by atoms with Crippen LogP contribution in [0.2, 0.25) is 0 Å². The molecule has 0 radical (unpaired) electrons. The van der Waals surface area contributed by atoms with Crippen LogP contribution in [0.1, 0.15) is 51.8 Å². The summed E-state index contributed by atoms with van der Waals surface area (Å²) in [6.45, 7) is 7.68. The van der Waals surface area contributed by atoms with E-state index >= 15 is 0 Å². The first kappa shape index (κ1) is 46.3. The largest absolute Gasteiger partial charge is 0.399 e. The van der Waals surface area contributed by atoms with E-state index in [2.05, 4.69) is 110 Å². The summed E-state index contributed by atoms with van der Waals surface area (Å²) in [7, 11) is 0. The highest BCUT2D eigenvalue weighted by molar-refractivity contribution is 9.10. The van der Waals surface area contributed by atoms with Gasteiger partial charge in [-0.05, 0) is 149 Å². The Balaban J connectivity index is 0.000000164. The van der Waals surface area contributed by atoms with Gasteiger partial charge in [0, 0.05) is 65.6 Å². The van der Waals surface area contributed by atoms with Gasteiger partial charge in [0.1, 0.15) is 0 Å². The Morgan fingerprint density at radius 3 is 1.33 bits per heavy atom. The minimum Gasteiger partial charge on any atom is -0.399 e. The molecule has 0 amide bonds. The van der Waals surface area contributed by atoms with Gasteiger partial charge in [-0.25, -0.2) is 0 Å². The van der Waals surface area contributed by atoms with Crippen molar-refractivity contribution in [3.8, 4) is 36.0 Å². The quantitative estimate of drug-likeness (QED) is 0.112. The molecule has 0 bridgehead atoms. The maximum absolute atomic E-state index is 9.09. The van der Waals surface area contributed by atoms with E-state index in [1.165, 1.54) is 10.9 Å². The van der Waals surface area contributed by atoms with Gasteiger partial charge in [0.05, 0.1) is 28.9 Å². The highest BCUT2D eigenvalue weighted by atomic mass is 79.9. The number of aromatic nitrogens is 3. The van der Waals surface area contributed by atoms with Gasteiger partial charge in [-0.3, -0.25) is 15.0 Å². The molecule has 6 nitrogen and oxygen atoms in total. The number of aliphatic hydroxyl groups excluding tert-OH is 1. The molecule has 0 fully saturated rings. The van der Waals surface area contributed by atoms with Crippen LogP contribution >= 0.6 is 15.9 Å². The summed E-state index contributed by atoms with van der Waals surface area (Å²) in [5.41, 5.74) is 23.6. The number of terminal acetylenes is 1. The third-order valence-corrected chi connectivity index (χ3v) is 9.49. The topological polar surface area (TPSA) is 111 Å². The number of hydrogen-bond donors (Lipinski definition) is 3. The molecule has 0 saturated heterocycles. The first-order chi connectivity index (χ1) is 30.5. The van der Waals surface area contributed by atoms with Crippen LogP contribution in [-0.4, -0.2) is 20.1 Å². The zero-order valence-electron chi connectivity index (χ0n) is 35.8. The molecule has 5 N–H and O–H groups in total. The number of hydrogen-bond acceptors (Lipinski definition) is 6. The number of halogens is 1. The molecule has 310 valence electrons. The molecule has 9 rings (SSSR count). The Morgan fingerprint density at radius 2 is 0.889 bits per heavy atom. The zero-order chi connectivity index (χ0) is 45.0. The number of benzene rings is 6. The maximum Gasteiger partial charge on any atom is 0.0853 e. The lowest BCUT2D eigenvalue weighted by Gasteiger charge is -2.00. The van der Waals surface area contributed by atoms with Gasteiger partial charge in [-0.2, -0.15) is 0 Å². The summed E-state index contributed by atoms with van der Waals surface area (Å²) in [5, 5.41) is 12.4. The van der Waals surface area contributed by atoms with E-state index in [1.54, 1.807) is 6.92 Å². The van der Waals surface area contributed by atoms with E-state index in [1.807, 2.05) is 147 Å². The van der Waals surface area contributed by atoms with Crippen molar-refractivity contribution < 1.29 is 5.11 Å². The molecule has 0 aliphatic heterocycles. The summed E-state index contributed by atoms with van der Waals surface area (Å²) < 4.78 is 1.10. The molecule has 3 heterocycles. The van der Waals surface area contributed by atoms with Gasteiger partial charge in [0.15, 0.2) is 0 Å². The molecular formula is C56H48BrN5O. The average Bonchev–Trinajstić information content (AvgIpc) is 3.29. The van der Waals surface area contributed by atoms with E-state index in [4.69, 9.17) is 16.6 Å². The first-order valence-corrected chi connectivity index (χ1v) is 20.9. The number of aryl methyl sites for hydroxylation is 3. The van der Waals surface area contributed by atoms with Crippen molar-refractivity contribution in [1.29, 1.82) is 0 Å². The number of pyridine rings is 3. The van der Waals surface area contributed by atoms with Crippen LogP contribution in [0.3, 0.4) is 0 Å². The van der Waals surface area contributed by atoms with Crippen molar-refractivity contribution in [2.45, 2.75) is 34.3 Å². The number of aliphatic hydroxyl groups is 1. The van der Waals surface area contributed by atoms with Crippen molar-refractivity contribution in [1.82, 2.24) is 15.0 Å². The third kappa shape index (κ3) is 15.4. The van der Waals surface area contributed by atoms with E-state index < -0.39 is 0 Å². The van der Waals surface area contributed by atoms with Gasteiger partial charge in [-0.15, -0.1) is 12.3 Å². The number of anilines is 2. The monoisotopic (exact) mass is 885 g/mol. The lowest BCUT2D eigenvalue weighted by molar-refractivity contribution is 0.277. The van der Waals surface area contributed by atoms with Crippen LogP contribution in [0.25, 0.3) is 32.7 Å². The van der Waals surface area contributed by atoms with Gasteiger partial charge >= 0.3 is 0 Å². The molecule has 0 aliphatic carbocycles. The van der Waals surface area contributed by atoms with E-state index in [0.717, 1.165) is 76.8 Å². The Morgan fingerprint density at radius 1 is 0.492 bits per heavy atom. The summed E-state index contributed by atoms with van der Waals surface area (Å²) >= 11 is 3.42. The van der Waals surface area contributed by atoms with Crippen molar-refractivity contribution in [2.75, 3.05) is 11.5 Å². The van der Waals surface area contributed by atoms with Gasteiger partial charge in [0.25, 0.3) is 0 Å². The molecule has 0 atom stereocenters. The fourth-order valence-electron chi connectivity index (χ4n) is 5.79. The summed E-state index contributed by atoms with van der Waals surface area (Å²) in [4.78, 5) is 13.2. The summed E-state index contributed by atoms with van der Waals surface area (Å²) in [6, 6.07) is 55.3. The highest BCUT2D eigenvalue weighted by Crippen LogP contribution is 2.19. The van der Waals surface area contributed by atoms with E-state index in [-0.39, 0.29) is 6.61 Å². The van der Waals surface area contributed by atoms with Crippen LogP contribution in [0.5, 0.6) is 0 Å². The minimum absolute atomic E-state index is 0.0470. The predicted molar refractivity (Wildman–Crippen MR) is 268 cm³/mol. The molecule has 7 heteroatoms. The predicted octanol–water partition coefficient (Wildman–Crippen LogP) is 12.2. The Kier molecular flexibility index (Phi) is 17.6. The van der Waals surface area contributed by atoms with Crippen molar-refractivity contribution >= 4 is 60.0 Å². The average molecular weight is 887 g/mol. The fourth-order valence-corrected chi connectivity index (χ4v) is 6.17. The molecule has 6 aromatic carbocycles. The second-order valence-corrected chi connectivity index (χ2v) is 15.1. The number of nitrogens with zero attached hydrogens (tertiary/aromatic N) is 3. The number of rotatable bonds is 1. The van der Waals surface area contributed by atoms with Crippen LogP contribution in [-0.2, 0) is 6.61 Å². The Bertz CT molecular complexity index is 3040. The fraction of sp³-hybridized carbons (Fsp3) is 0.0893. The Labute approximate surface area is 379 Å². The second kappa shape index (κ2) is 23.9. The van der Waals surface area contributed by atoms with Crippen molar-refractivity contribution in [3.05, 3.63) is 219 Å². The molecule has 9 aromatic rings. The molecule has 0 spiro atoms. The van der Waals surface area contributed by atoms with E-state index in [0.29, 0.717) is 5.69 Å². The molecule has 63 heavy (non-hydrogen) atoms. The van der Waals surface area contributed by atoms with Crippen LogP contribution < -0.4 is 11.5 Å². The maximum atomic E-state index is 9.09. The lowest BCUT2D eigenvalue weighted by atomic mass is 10.1. The molecule has 0 aliphatic rings. The molecule has 0 unspecified atom stereocenters. The molecular weight excluding hydrogens is 839 g/mol. The summed E-state index contributed by atoms with van der Waals surface area (Å²) in [6.07, 6.45) is 4.60. The minimum atomic E-state index is -0.0470. The molecule has 0 saturated carbocycles. The van der Waals surface area contributed by atoms with Crippen molar-refractivity contribution in [2.24, 2.45) is 0 Å². The number of nitrogens with two attached hydrogens (primary N) is 2. The number of nitrogen functional groups attached to an aromatic ring is 2. The normalized spacial score (nSPS) is 9.67. The van der Waals surface area contributed by atoms with Gasteiger partial charge in [-0.1, -0.05) is 93.7 Å². The van der Waals surface area contributed by atoms with Gasteiger partial charge in [0.2, 0.25) is 0 Å². The first-order valence-electron chi connectivity index (χ1n) is 20.1. The van der Waals surface area contributed by atoms with Crippen LogP contribution in [0.15, 0.2) is 174 Å². The third-order valence-electron chi connectivity index (χ3n) is 8.99. The van der Waals surface area contributed by atoms with Crippen molar-refractivity contribution in [3.63, 3.8) is 0 Å². The van der Waals surface area contributed by atoms with Crippen LogP contribution in [0, 0.1) is 56.8 Å². The zero-order valence-corrected chi connectivity index (χ0v) is 37.4. The Hall–Kier alpha value is -7.73. The molecule has 3 aromatic heterocycles. The second-order valence-electron chi connectivity index (χ2n) is 14.2. The highest BCUT2D eigenvalue weighted by Gasteiger charge is 2.00. The van der Waals surface area contributed by atoms with E-state index in [9.17, 15) is 0 Å². The summed E-state index contributed by atoms with van der Waals surface area (Å²) in [5.74, 6) is 14.8. The van der Waals surface area contributed by atoms with Crippen LogP contribution in [0.4, 0.5) is 11.4 Å². The lowest BCUT2D eigenvalue weighted by Crippen LogP contribution is -1.89. The SMILES string of the molecule is C#CC.Cc1ccc2cc(Br)ccc2n1.Cc1ccc2cc(C#Cc3ccc(N)cc3)ccc2n1.Cc1ccccc1.Nc1ccc(C#Cc2ccc3nc(CO)ccc3c2)cc1. The number of fused-ring (bicyclic) bond motifs is 3.